The maximum atomic E-state index is 10.9. The number of fused-ring (bicyclic) bond motifs is 1. The second-order valence-corrected chi connectivity index (χ2v) is 7.13. The van der Waals surface area contributed by atoms with E-state index >= 15 is 0 Å². The van der Waals surface area contributed by atoms with E-state index in [1.165, 1.54) is 10.1 Å². The molecule has 0 radical (unpaired) electrons. The second-order valence-electron chi connectivity index (χ2n) is 5.19. The molecule has 0 aliphatic rings. The van der Waals surface area contributed by atoms with E-state index in [0.29, 0.717) is 6.42 Å². The van der Waals surface area contributed by atoms with Crippen LogP contribution in [0.4, 0.5) is 0 Å². The van der Waals surface area contributed by atoms with Crippen LogP contribution in [0.25, 0.3) is 10.1 Å². The molecule has 0 amide bonds. The molecule has 3 rings (SSSR count). The van der Waals surface area contributed by atoms with E-state index in [4.69, 9.17) is 0 Å². The molecule has 1 atom stereocenters. The summed E-state index contributed by atoms with van der Waals surface area (Å²) < 4.78 is 2.26. The predicted molar refractivity (Wildman–Crippen MR) is 89.2 cm³/mol. The zero-order valence-corrected chi connectivity index (χ0v) is 13.5. The molecule has 0 aliphatic heterocycles. The van der Waals surface area contributed by atoms with Gasteiger partial charge in [-0.05, 0) is 36.1 Å². The molecular weight excluding hydrogens is 332 g/mol. The van der Waals surface area contributed by atoms with Gasteiger partial charge in [0, 0.05) is 20.5 Å². The molecule has 0 aliphatic carbocycles. The van der Waals surface area contributed by atoms with Crippen molar-refractivity contribution in [3.63, 3.8) is 0 Å². The summed E-state index contributed by atoms with van der Waals surface area (Å²) in [6.07, 6.45) is 0.598. The van der Waals surface area contributed by atoms with E-state index in [9.17, 15) is 5.11 Å². The Labute approximate surface area is 131 Å². The van der Waals surface area contributed by atoms with Crippen LogP contribution in [0.5, 0.6) is 0 Å². The van der Waals surface area contributed by atoms with E-state index in [1.807, 2.05) is 43.3 Å². The average molecular weight is 347 g/mol. The van der Waals surface area contributed by atoms with Crippen molar-refractivity contribution in [2.45, 2.75) is 18.9 Å². The van der Waals surface area contributed by atoms with Crippen LogP contribution in [0.15, 0.2) is 59.1 Å². The van der Waals surface area contributed by atoms with Crippen molar-refractivity contribution in [1.29, 1.82) is 0 Å². The highest BCUT2D eigenvalue weighted by Gasteiger charge is 2.26. The highest BCUT2D eigenvalue weighted by molar-refractivity contribution is 9.10. The van der Waals surface area contributed by atoms with Crippen molar-refractivity contribution in [2.24, 2.45) is 0 Å². The summed E-state index contributed by atoms with van der Waals surface area (Å²) in [7, 11) is 0. The highest BCUT2D eigenvalue weighted by atomic mass is 79.9. The van der Waals surface area contributed by atoms with Crippen LogP contribution < -0.4 is 0 Å². The first-order valence-corrected chi connectivity index (χ1v) is 8.12. The van der Waals surface area contributed by atoms with Gasteiger partial charge < -0.3 is 5.11 Å². The summed E-state index contributed by atoms with van der Waals surface area (Å²) in [6.45, 7) is 1.89. The first kappa shape index (κ1) is 13.8. The summed E-state index contributed by atoms with van der Waals surface area (Å²) in [4.78, 5) is 1.01. The van der Waals surface area contributed by atoms with Crippen molar-refractivity contribution in [2.75, 3.05) is 0 Å². The number of hydrogen-bond acceptors (Lipinski definition) is 2. The Balaban J connectivity index is 1.97. The Morgan fingerprint density at radius 2 is 1.80 bits per heavy atom. The van der Waals surface area contributed by atoms with Gasteiger partial charge in [0.2, 0.25) is 0 Å². The van der Waals surface area contributed by atoms with Gasteiger partial charge in [0.1, 0.15) is 5.60 Å². The molecule has 1 unspecified atom stereocenters. The fourth-order valence-corrected chi connectivity index (χ4v) is 3.88. The van der Waals surface area contributed by atoms with Crippen molar-refractivity contribution < 1.29 is 5.11 Å². The van der Waals surface area contributed by atoms with E-state index in [0.717, 1.165) is 14.9 Å². The summed E-state index contributed by atoms with van der Waals surface area (Å²) >= 11 is 5.21. The smallest absolute Gasteiger partial charge is 0.100 e. The minimum Gasteiger partial charge on any atom is -0.384 e. The molecule has 1 nitrogen and oxygen atoms in total. The monoisotopic (exact) mass is 346 g/mol. The Morgan fingerprint density at radius 1 is 1.10 bits per heavy atom. The maximum absolute atomic E-state index is 10.9. The van der Waals surface area contributed by atoms with Gasteiger partial charge in [0.05, 0.1) is 0 Å². The van der Waals surface area contributed by atoms with Crippen LogP contribution in [-0.4, -0.2) is 5.11 Å². The molecule has 3 heteroatoms. The lowest BCUT2D eigenvalue weighted by Crippen LogP contribution is -2.23. The van der Waals surface area contributed by atoms with Gasteiger partial charge >= 0.3 is 0 Å². The minimum absolute atomic E-state index is 0.598. The standard InChI is InChI=1S/C17H15BrOS/c1-17(19,11-13-7-2-4-8-14(13)18)16-10-12-6-3-5-9-15(12)20-16/h2-10,19H,11H2,1H3. The number of aliphatic hydroxyl groups is 1. The topological polar surface area (TPSA) is 20.2 Å². The van der Waals surface area contributed by atoms with Crippen molar-refractivity contribution in [3.05, 3.63) is 69.5 Å². The molecule has 1 heterocycles. The fourth-order valence-electron chi connectivity index (χ4n) is 2.35. The third-order valence-electron chi connectivity index (χ3n) is 3.45. The van der Waals surface area contributed by atoms with Crippen LogP contribution in [0, 0.1) is 0 Å². The molecule has 0 saturated carbocycles. The highest BCUT2D eigenvalue weighted by Crippen LogP contribution is 2.36. The van der Waals surface area contributed by atoms with Crippen molar-refractivity contribution in [1.82, 2.24) is 0 Å². The maximum Gasteiger partial charge on any atom is 0.100 e. The average Bonchev–Trinajstić information content (AvgIpc) is 2.86. The summed E-state index contributed by atoms with van der Waals surface area (Å²) in [6, 6.07) is 18.4. The van der Waals surface area contributed by atoms with Crippen molar-refractivity contribution >= 4 is 37.4 Å². The fraction of sp³-hybridized carbons (Fsp3) is 0.176. The first-order valence-electron chi connectivity index (χ1n) is 6.51. The summed E-state index contributed by atoms with van der Waals surface area (Å²) in [5.41, 5.74) is 0.267. The van der Waals surface area contributed by atoms with Gasteiger partial charge in [-0.15, -0.1) is 11.3 Å². The van der Waals surface area contributed by atoms with E-state index in [2.05, 4.69) is 34.1 Å². The molecule has 0 bridgehead atoms. The summed E-state index contributed by atoms with van der Waals surface area (Å²) in [5.74, 6) is 0. The molecule has 3 aromatic rings. The second kappa shape index (κ2) is 5.32. The van der Waals surface area contributed by atoms with E-state index in [-0.39, 0.29) is 0 Å². The number of rotatable bonds is 3. The number of halogens is 1. The van der Waals surface area contributed by atoms with Crippen LogP contribution in [0.3, 0.4) is 0 Å². The molecule has 0 spiro atoms. The number of hydrogen-bond donors (Lipinski definition) is 1. The summed E-state index contributed by atoms with van der Waals surface area (Å²) in [5, 5.41) is 12.0. The van der Waals surface area contributed by atoms with Crippen LogP contribution in [0.1, 0.15) is 17.4 Å². The zero-order chi connectivity index (χ0) is 14.2. The van der Waals surface area contributed by atoms with Crippen LogP contribution in [-0.2, 0) is 12.0 Å². The van der Waals surface area contributed by atoms with Crippen LogP contribution >= 0.6 is 27.3 Å². The molecule has 0 fully saturated rings. The van der Waals surface area contributed by atoms with Gasteiger partial charge in [-0.2, -0.15) is 0 Å². The quantitative estimate of drug-likeness (QED) is 0.698. The normalized spacial score (nSPS) is 14.3. The number of benzene rings is 2. The van der Waals surface area contributed by atoms with Crippen molar-refractivity contribution in [3.8, 4) is 0 Å². The molecule has 0 saturated heterocycles. The Hall–Kier alpha value is -1.16. The molecule has 2 aromatic carbocycles. The molecule has 102 valence electrons. The van der Waals surface area contributed by atoms with Gasteiger partial charge in [-0.25, -0.2) is 0 Å². The first-order chi connectivity index (χ1) is 9.56. The lowest BCUT2D eigenvalue weighted by molar-refractivity contribution is 0.0614. The molecular formula is C17H15BrOS. The Kier molecular flexibility index (Phi) is 3.67. The SMILES string of the molecule is CC(O)(Cc1ccccc1Br)c1cc2ccccc2s1. The lowest BCUT2D eigenvalue weighted by atomic mass is 9.94. The van der Waals surface area contributed by atoms with Gasteiger partial charge in [-0.3, -0.25) is 0 Å². The van der Waals surface area contributed by atoms with Crippen LogP contribution in [0.2, 0.25) is 0 Å². The lowest BCUT2D eigenvalue weighted by Gasteiger charge is -2.22. The van der Waals surface area contributed by atoms with E-state index < -0.39 is 5.60 Å². The van der Waals surface area contributed by atoms with Gasteiger partial charge in [0.25, 0.3) is 0 Å². The Bertz CT molecular complexity index is 712. The Morgan fingerprint density at radius 3 is 2.55 bits per heavy atom. The van der Waals surface area contributed by atoms with E-state index in [1.54, 1.807) is 11.3 Å². The van der Waals surface area contributed by atoms with Gasteiger partial charge in [-0.1, -0.05) is 52.3 Å². The third-order valence-corrected chi connectivity index (χ3v) is 5.59. The number of thiophene rings is 1. The van der Waals surface area contributed by atoms with Gasteiger partial charge in [0.15, 0.2) is 0 Å². The third kappa shape index (κ3) is 2.66. The largest absolute Gasteiger partial charge is 0.384 e. The molecule has 1 aromatic heterocycles. The molecule has 1 N–H and O–H groups in total. The zero-order valence-electron chi connectivity index (χ0n) is 11.1. The predicted octanol–water partition coefficient (Wildman–Crippen LogP) is 5.11. The molecule has 20 heavy (non-hydrogen) atoms. The minimum atomic E-state index is -0.854.